The molecule has 2 N–H and O–H groups in total. The van der Waals surface area contributed by atoms with Crippen LogP contribution in [0.25, 0.3) is 0 Å². The fourth-order valence-electron chi connectivity index (χ4n) is 4.01. The zero-order valence-electron chi connectivity index (χ0n) is 15.5. The maximum atomic E-state index is 9.28. The number of aliphatic hydroxyl groups is 2. The molecule has 2 saturated carbocycles. The van der Waals surface area contributed by atoms with Crippen molar-refractivity contribution in [1.82, 2.24) is 9.97 Å². The van der Waals surface area contributed by atoms with Crippen LogP contribution in [0.3, 0.4) is 0 Å². The van der Waals surface area contributed by atoms with Crippen LogP contribution in [0.4, 0.5) is 0 Å². The summed E-state index contributed by atoms with van der Waals surface area (Å²) < 4.78 is 0. The lowest BCUT2D eigenvalue weighted by molar-refractivity contribution is 0.0449. The number of hydrogen-bond acceptors (Lipinski definition) is 4. The normalized spacial score (nSPS) is 19.5. The van der Waals surface area contributed by atoms with Gasteiger partial charge in [0, 0.05) is 38.0 Å². The summed E-state index contributed by atoms with van der Waals surface area (Å²) >= 11 is 0. The van der Waals surface area contributed by atoms with Crippen molar-refractivity contribution in [3.05, 3.63) is 60.2 Å². The molecule has 0 atom stereocenters. The summed E-state index contributed by atoms with van der Waals surface area (Å²) in [5, 5.41) is 18.6. The number of rotatable bonds is 6. The molecule has 0 unspecified atom stereocenters. The molecule has 0 amide bonds. The highest BCUT2D eigenvalue weighted by molar-refractivity contribution is 5.13. The first kappa shape index (κ1) is 19.0. The molecule has 2 aromatic heterocycles. The van der Waals surface area contributed by atoms with E-state index < -0.39 is 0 Å². The number of aliphatic hydroxyl groups excluding tert-OH is 2. The Bertz CT molecular complexity index is 582. The highest BCUT2D eigenvalue weighted by Crippen LogP contribution is 2.43. The molecule has 2 aliphatic carbocycles. The van der Waals surface area contributed by atoms with Crippen molar-refractivity contribution >= 4 is 0 Å². The van der Waals surface area contributed by atoms with Crippen molar-refractivity contribution in [3.8, 4) is 0 Å². The van der Waals surface area contributed by atoms with Crippen molar-refractivity contribution in [1.29, 1.82) is 0 Å². The van der Waals surface area contributed by atoms with Crippen LogP contribution >= 0.6 is 0 Å². The average molecular weight is 354 g/mol. The monoisotopic (exact) mass is 354 g/mol. The maximum absolute atomic E-state index is 9.28. The van der Waals surface area contributed by atoms with Gasteiger partial charge in [0.2, 0.25) is 0 Å². The molecule has 140 valence electrons. The van der Waals surface area contributed by atoms with Crippen LogP contribution in [0, 0.1) is 10.8 Å². The lowest BCUT2D eigenvalue weighted by Crippen LogP contribution is -2.35. The Morgan fingerprint density at radius 1 is 0.731 bits per heavy atom. The highest BCUT2D eigenvalue weighted by Gasteiger charge is 2.36. The topological polar surface area (TPSA) is 66.2 Å². The third-order valence-electron chi connectivity index (χ3n) is 6.10. The smallest absolute Gasteiger partial charge is 0.0490 e. The first-order valence-electron chi connectivity index (χ1n) is 9.69. The second-order valence-electron chi connectivity index (χ2n) is 8.10. The molecule has 4 nitrogen and oxygen atoms in total. The second kappa shape index (κ2) is 8.74. The van der Waals surface area contributed by atoms with Gasteiger partial charge >= 0.3 is 0 Å². The number of aromatic nitrogens is 2. The Hall–Kier alpha value is -1.78. The van der Waals surface area contributed by atoms with Gasteiger partial charge in [-0.15, -0.1) is 0 Å². The van der Waals surface area contributed by atoms with Crippen molar-refractivity contribution in [2.75, 3.05) is 13.2 Å². The Balaban J connectivity index is 0.000000151. The fraction of sp³-hybridized carbons (Fsp3) is 0.545. The molecule has 0 spiro atoms. The van der Waals surface area contributed by atoms with Crippen molar-refractivity contribution in [2.24, 2.45) is 10.8 Å². The molecule has 0 aliphatic heterocycles. The molecule has 26 heavy (non-hydrogen) atoms. The Labute approximate surface area is 156 Å². The van der Waals surface area contributed by atoms with Gasteiger partial charge in [0.25, 0.3) is 0 Å². The molecule has 2 aromatic rings. The van der Waals surface area contributed by atoms with E-state index in [-0.39, 0.29) is 10.8 Å². The lowest BCUT2D eigenvalue weighted by atomic mass is 9.66. The maximum Gasteiger partial charge on any atom is 0.0490 e. The summed E-state index contributed by atoms with van der Waals surface area (Å²) in [6.45, 7) is 0.643. The third kappa shape index (κ3) is 4.68. The van der Waals surface area contributed by atoms with E-state index in [9.17, 15) is 10.2 Å². The first-order chi connectivity index (χ1) is 12.7. The quantitative estimate of drug-likeness (QED) is 0.832. The summed E-state index contributed by atoms with van der Waals surface area (Å²) in [6, 6.07) is 8.09. The molecule has 0 aromatic carbocycles. The number of hydrogen-bond donors (Lipinski definition) is 2. The second-order valence-corrected chi connectivity index (χ2v) is 8.10. The lowest BCUT2D eigenvalue weighted by Gasteiger charge is -2.40. The van der Waals surface area contributed by atoms with Crippen LogP contribution in [-0.2, 0) is 12.8 Å². The van der Waals surface area contributed by atoms with Crippen LogP contribution in [0.15, 0.2) is 49.1 Å². The summed E-state index contributed by atoms with van der Waals surface area (Å²) in [7, 11) is 0. The third-order valence-corrected chi connectivity index (χ3v) is 6.10. The molecule has 2 heterocycles. The average Bonchev–Trinajstić information content (AvgIpc) is 2.64. The van der Waals surface area contributed by atoms with E-state index in [1.165, 1.54) is 49.7 Å². The predicted molar refractivity (Wildman–Crippen MR) is 103 cm³/mol. The molecular weight excluding hydrogens is 324 g/mol. The minimum Gasteiger partial charge on any atom is -0.396 e. The minimum atomic E-state index is 0.184. The fourth-order valence-corrected chi connectivity index (χ4v) is 4.01. The van der Waals surface area contributed by atoms with E-state index >= 15 is 0 Å². The van der Waals surface area contributed by atoms with Crippen LogP contribution < -0.4 is 0 Å². The molecule has 0 saturated heterocycles. The van der Waals surface area contributed by atoms with Gasteiger partial charge < -0.3 is 10.2 Å². The first-order valence-corrected chi connectivity index (χ1v) is 9.69. The van der Waals surface area contributed by atoms with E-state index in [1.807, 2.05) is 24.5 Å². The molecule has 2 fully saturated rings. The molecule has 4 rings (SSSR count). The van der Waals surface area contributed by atoms with E-state index in [0.29, 0.717) is 13.2 Å². The highest BCUT2D eigenvalue weighted by atomic mass is 16.3. The summed E-state index contributed by atoms with van der Waals surface area (Å²) in [5.74, 6) is 0. The van der Waals surface area contributed by atoms with Crippen LogP contribution in [0.5, 0.6) is 0 Å². The largest absolute Gasteiger partial charge is 0.396 e. The van der Waals surface area contributed by atoms with Gasteiger partial charge in [0.1, 0.15) is 0 Å². The Morgan fingerprint density at radius 3 is 1.38 bits per heavy atom. The summed E-state index contributed by atoms with van der Waals surface area (Å²) in [5.41, 5.74) is 2.86. The molecule has 0 bridgehead atoms. The van der Waals surface area contributed by atoms with Gasteiger partial charge in [-0.1, -0.05) is 25.0 Å². The van der Waals surface area contributed by atoms with Crippen LogP contribution in [0.2, 0.25) is 0 Å². The van der Waals surface area contributed by atoms with E-state index in [0.717, 1.165) is 12.8 Å². The number of nitrogens with zero attached hydrogens (tertiary/aromatic N) is 2. The van der Waals surface area contributed by atoms with E-state index in [1.54, 1.807) is 12.4 Å². The minimum absolute atomic E-state index is 0.184. The van der Waals surface area contributed by atoms with Gasteiger partial charge in [0.15, 0.2) is 0 Å². The predicted octanol–water partition coefficient (Wildman–Crippen LogP) is 3.57. The van der Waals surface area contributed by atoms with Crippen LogP contribution in [0.1, 0.15) is 49.7 Å². The summed E-state index contributed by atoms with van der Waals surface area (Å²) in [6.07, 6.45) is 16.5. The zero-order valence-corrected chi connectivity index (χ0v) is 15.5. The van der Waals surface area contributed by atoms with E-state index in [2.05, 4.69) is 22.1 Å². The standard InChI is InChI=1S/2C11H15NO/c2*13-9-11(4-2-5-11)7-10-3-1-6-12-8-10/h2*1,3,6,8,13H,2,4-5,7,9H2. The van der Waals surface area contributed by atoms with Crippen molar-refractivity contribution in [2.45, 2.75) is 51.4 Å². The van der Waals surface area contributed by atoms with Gasteiger partial charge in [-0.25, -0.2) is 0 Å². The Kier molecular flexibility index (Phi) is 6.38. The van der Waals surface area contributed by atoms with Gasteiger partial charge in [0.05, 0.1) is 0 Å². The SMILES string of the molecule is OCC1(Cc2cccnc2)CCC1.OCC1(Cc2cccnc2)CCC1. The Morgan fingerprint density at radius 2 is 1.15 bits per heavy atom. The molecule has 2 aliphatic rings. The van der Waals surface area contributed by atoms with E-state index in [4.69, 9.17) is 0 Å². The zero-order chi connectivity index (χ0) is 18.3. The molecule has 0 radical (unpaired) electrons. The molecule has 4 heteroatoms. The molecular formula is C22H30N2O2. The number of pyridine rings is 2. The van der Waals surface area contributed by atoms with Gasteiger partial charge in [-0.2, -0.15) is 0 Å². The van der Waals surface area contributed by atoms with Crippen molar-refractivity contribution < 1.29 is 10.2 Å². The van der Waals surface area contributed by atoms with Gasteiger partial charge in [-0.3, -0.25) is 9.97 Å². The van der Waals surface area contributed by atoms with Crippen LogP contribution in [-0.4, -0.2) is 33.4 Å². The van der Waals surface area contributed by atoms with Crippen molar-refractivity contribution in [3.63, 3.8) is 0 Å². The summed E-state index contributed by atoms with van der Waals surface area (Å²) in [4.78, 5) is 8.16. The van der Waals surface area contributed by atoms with Gasteiger partial charge in [-0.05, 0) is 72.6 Å².